The first kappa shape index (κ1) is 33.6. The number of carboxylic acids is 2. The Morgan fingerprint density at radius 3 is 1.52 bits per heavy atom. The molecule has 0 spiro atoms. The van der Waals surface area contributed by atoms with Gasteiger partial charge in [0.2, 0.25) is 0 Å². The van der Waals surface area contributed by atoms with Gasteiger partial charge in [0.15, 0.2) is 0 Å². The second kappa shape index (κ2) is 16.1. The van der Waals surface area contributed by atoms with E-state index in [0.717, 1.165) is 36.0 Å². The minimum Gasteiger partial charge on any atom is -0.481 e. The van der Waals surface area contributed by atoms with E-state index in [1.165, 1.54) is 30.3 Å². The molecule has 0 amide bonds. The molecule has 13 heteroatoms. The Hall–Kier alpha value is -1.60. The van der Waals surface area contributed by atoms with Gasteiger partial charge in [-0.2, -0.15) is 26.3 Å². The van der Waals surface area contributed by atoms with Crippen molar-refractivity contribution in [1.82, 2.24) is 0 Å². The molecule has 0 bridgehead atoms. The van der Waals surface area contributed by atoms with Gasteiger partial charge in [0, 0.05) is 9.79 Å². The summed E-state index contributed by atoms with van der Waals surface area (Å²) in [4.78, 5) is 20.8. The number of benzene rings is 2. The van der Waals surface area contributed by atoms with Crippen LogP contribution in [0.2, 0.25) is 0 Å². The zero-order valence-corrected chi connectivity index (χ0v) is 20.9. The van der Waals surface area contributed by atoms with Crippen LogP contribution in [0.5, 0.6) is 0 Å². The smallest absolute Gasteiger partial charge is 0.481 e. The van der Waals surface area contributed by atoms with Gasteiger partial charge < -0.3 is 10.2 Å². The molecule has 0 saturated heterocycles. The number of alkyl halides is 6. The minimum atomic E-state index is -4.35. The SMILES string of the molecule is C=CCC(=O)O.FC(F)(F)c1ccc(S)cc1.O=C(O)CSc1ccc(C(F)(F)F)cc1.[Na+]. The summed E-state index contributed by atoms with van der Waals surface area (Å²) in [6, 6.07) is 9.02. The molecule has 2 aromatic carbocycles. The number of hydrogen-bond donors (Lipinski definition) is 3. The normalized spacial score (nSPS) is 10.4. The maximum Gasteiger partial charge on any atom is 1.00 e. The second-order valence-corrected chi connectivity index (χ2v) is 7.20. The Bertz CT molecular complexity index is 870. The van der Waals surface area contributed by atoms with Crippen molar-refractivity contribution in [3.8, 4) is 0 Å². The molecule has 176 valence electrons. The molecule has 0 fully saturated rings. The van der Waals surface area contributed by atoms with Gasteiger partial charge in [-0.25, -0.2) is 0 Å². The van der Waals surface area contributed by atoms with E-state index in [0.29, 0.717) is 9.79 Å². The number of rotatable bonds is 5. The second-order valence-electron chi connectivity index (χ2n) is 5.64. The average molecular weight is 523 g/mol. The molecule has 0 saturated carbocycles. The zero-order valence-electron chi connectivity index (χ0n) is 17.2. The monoisotopic (exact) mass is 523 g/mol. The molecule has 2 N–H and O–H groups in total. The number of aliphatic carboxylic acids is 2. The predicted octanol–water partition coefficient (Wildman–Crippen LogP) is 3.53. The van der Waals surface area contributed by atoms with Crippen molar-refractivity contribution in [2.24, 2.45) is 0 Å². The largest absolute Gasteiger partial charge is 1.00 e. The van der Waals surface area contributed by atoms with Crippen molar-refractivity contribution in [3.05, 3.63) is 72.3 Å². The summed E-state index contributed by atoms with van der Waals surface area (Å²) in [6.45, 7) is 3.22. The van der Waals surface area contributed by atoms with Gasteiger partial charge in [0.05, 0.1) is 23.3 Å². The van der Waals surface area contributed by atoms with Crippen molar-refractivity contribution < 1.29 is 75.7 Å². The zero-order chi connectivity index (χ0) is 24.9. The molecular formula is C20H18F6NaO4S2+. The van der Waals surface area contributed by atoms with E-state index >= 15 is 0 Å². The molecule has 0 unspecified atom stereocenters. The van der Waals surface area contributed by atoms with Crippen LogP contribution in [0.25, 0.3) is 0 Å². The van der Waals surface area contributed by atoms with Gasteiger partial charge in [-0.15, -0.1) is 31.0 Å². The van der Waals surface area contributed by atoms with Gasteiger partial charge in [-0.3, -0.25) is 9.59 Å². The molecule has 33 heavy (non-hydrogen) atoms. The number of carbonyl (C=O) groups is 2. The van der Waals surface area contributed by atoms with Crippen LogP contribution in [0.4, 0.5) is 26.3 Å². The average Bonchev–Trinajstić information content (AvgIpc) is 2.66. The molecule has 2 rings (SSSR count). The summed E-state index contributed by atoms with van der Waals surface area (Å²) < 4.78 is 72.1. The molecule has 4 nitrogen and oxygen atoms in total. The van der Waals surface area contributed by atoms with Crippen molar-refractivity contribution in [1.29, 1.82) is 0 Å². The predicted molar refractivity (Wildman–Crippen MR) is 111 cm³/mol. The summed E-state index contributed by atoms with van der Waals surface area (Å²) in [5.74, 6) is -1.99. The number of carboxylic acid groups (broad SMARTS) is 2. The Kier molecular flexibility index (Phi) is 16.4. The third-order valence-electron chi connectivity index (χ3n) is 3.06. The fraction of sp³-hybridized carbons (Fsp3) is 0.200. The van der Waals surface area contributed by atoms with E-state index < -0.39 is 35.4 Å². The summed E-state index contributed by atoms with van der Waals surface area (Å²) in [6.07, 6.45) is -7.19. The van der Waals surface area contributed by atoms with Crippen LogP contribution >= 0.6 is 24.4 Å². The first-order valence-corrected chi connectivity index (χ1v) is 9.80. The molecule has 0 radical (unpaired) electrons. The third kappa shape index (κ3) is 16.6. The molecule has 0 aliphatic carbocycles. The van der Waals surface area contributed by atoms with E-state index in [9.17, 15) is 35.9 Å². The Morgan fingerprint density at radius 2 is 1.24 bits per heavy atom. The first-order valence-electron chi connectivity index (χ1n) is 8.37. The van der Waals surface area contributed by atoms with Crippen LogP contribution in [0.3, 0.4) is 0 Å². The third-order valence-corrected chi connectivity index (χ3v) is 4.35. The van der Waals surface area contributed by atoms with Gasteiger partial charge in [0.1, 0.15) is 0 Å². The van der Waals surface area contributed by atoms with Crippen LogP contribution in [0.15, 0.2) is 71.0 Å². The minimum absolute atomic E-state index is 0. The number of thiol groups is 1. The number of halogens is 6. The summed E-state index contributed by atoms with van der Waals surface area (Å²) >= 11 is 4.84. The summed E-state index contributed by atoms with van der Waals surface area (Å²) in [5, 5.41) is 16.2. The van der Waals surface area contributed by atoms with Crippen molar-refractivity contribution in [2.45, 2.75) is 28.6 Å². The summed E-state index contributed by atoms with van der Waals surface area (Å²) in [7, 11) is 0. The van der Waals surface area contributed by atoms with E-state index in [-0.39, 0.29) is 41.7 Å². The van der Waals surface area contributed by atoms with Crippen LogP contribution in [0.1, 0.15) is 17.5 Å². The van der Waals surface area contributed by atoms with Gasteiger partial charge in [-0.05, 0) is 48.5 Å². The van der Waals surface area contributed by atoms with Gasteiger partial charge >= 0.3 is 53.8 Å². The molecule has 0 heterocycles. The molecular weight excluding hydrogens is 505 g/mol. The Labute approximate surface area is 217 Å². The number of thioether (sulfide) groups is 1. The van der Waals surface area contributed by atoms with E-state index in [4.69, 9.17) is 10.2 Å². The molecule has 2 aromatic rings. The standard InChI is InChI=1S/C9H7F3O2S.C7H5F3S.C4H6O2.Na/c10-9(11,12)6-1-3-7(4-2-6)15-5-8(13)14;8-7(9,10)5-1-3-6(11)4-2-5;1-2-3-4(5)6;/h1-4H,5H2,(H,13,14);1-4,11H;2H,1,3H2,(H,5,6);/q;;;+1. The first-order chi connectivity index (χ1) is 14.7. The van der Waals surface area contributed by atoms with E-state index in [1.807, 2.05) is 0 Å². The Morgan fingerprint density at radius 1 is 0.848 bits per heavy atom. The van der Waals surface area contributed by atoms with E-state index in [2.05, 4.69) is 19.2 Å². The van der Waals surface area contributed by atoms with Crippen molar-refractivity contribution in [2.75, 3.05) is 5.75 Å². The maximum atomic E-state index is 12.1. The van der Waals surface area contributed by atoms with Crippen LogP contribution in [-0.2, 0) is 21.9 Å². The van der Waals surface area contributed by atoms with E-state index in [1.54, 1.807) is 0 Å². The molecule has 0 atom stereocenters. The molecule has 0 aliphatic rings. The van der Waals surface area contributed by atoms with Gasteiger partial charge in [-0.1, -0.05) is 6.08 Å². The number of hydrogen-bond acceptors (Lipinski definition) is 4. The molecule has 0 aliphatic heterocycles. The van der Waals surface area contributed by atoms with Crippen LogP contribution < -0.4 is 29.6 Å². The quantitative estimate of drug-likeness (QED) is 0.184. The maximum absolute atomic E-state index is 12.1. The topological polar surface area (TPSA) is 74.6 Å². The van der Waals surface area contributed by atoms with Gasteiger partial charge in [0.25, 0.3) is 0 Å². The fourth-order valence-electron chi connectivity index (χ4n) is 1.66. The van der Waals surface area contributed by atoms with Crippen LogP contribution in [0, 0.1) is 0 Å². The Balaban J connectivity index is 0. The fourth-order valence-corrected chi connectivity index (χ4v) is 2.43. The molecule has 0 aromatic heterocycles. The van der Waals surface area contributed by atoms with Crippen molar-refractivity contribution >= 4 is 36.3 Å². The van der Waals surface area contributed by atoms with Crippen LogP contribution in [-0.4, -0.2) is 27.9 Å². The van der Waals surface area contributed by atoms with Crippen molar-refractivity contribution in [3.63, 3.8) is 0 Å². The summed E-state index contributed by atoms with van der Waals surface area (Å²) in [5.41, 5.74) is -1.38.